The van der Waals surface area contributed by atoms with Crippen LogP contribution in [0.5, 0.6) is 0 Å². The van der Waals surface area contributed by atoms with Gasteiger partial charge in [-0.1, -0.05) is 12.0 Å². The maximum Gasteiger partial charge on any atom is 0.0684 e. The van der Waals surface area contributed by atoms with Crippen LogP contribution in [0.15, 0.2) is 24.3 Å². The highest BCUT2D eigenvalue weighted by atomic mass is 16.3. The maximum atomic E-state index is 9.04. The van der Waals surface area contributed by atoms with Gasteiger partial charge >= 0.3 is 0 Å². The molecule has 2 nitrogen and oxygen atoms in total. The Morgan fingerprint density at radius 1 is 1.62 bits per heavy atom. The molecule has 1 aromatic rings. The first-order valence-corrected chi connectivity index (χ1v) is 4.21. The van der Waals surface area contributed by atoms with Crippen LogP contribution in [0.3, 0.4) is 0 Å². The van der Waals surface area contributed by atoms with Crippen LogP contribution in [0.4, 0.5) is 5.69 Å². The van der Waals surface area contributed by atoms with E-state index in [-0.39, 0.29) is 6.10 Å². The van der Waals surface area contributed by atoms with E-state index in [1.807, 2.05) is 24.3 Å². The monoisotopic (exact) mass is 175 g/mol. The van der Waals surface area contributed by atoms with Gasteiger partial charge in [0.15, 0.2) is 0 Å². The molecule has 0 bridgehead atoms. The van der Waals surface area contributed by atoms with E-state index in [0.29, 0.717) is 6.54 Å². The summed E-state index contributed by atoms with van der Waals surface area (Å²) in [6.45, 7) is 2.27. The molecule has 0 aliphatic rings. The molecule has 0 heterocycles. The van der Waals surface area contributed by atoms with Gasteiger partial charge in [-0.25, -0.2) is 0 Å². The Bertz CT molecular complexity index is 312. The molecule has 0 amide bonds. The molecule has 1 aromatic carbocycles. The first-order valence-electron chi connectivity index (χ1n) is 4.21. The molecule has 0 aromatic heterocycles. The molecule has 2 heteroatoms. The van der Waals surface area contributed by atoms with Crippen LogP contribution in [0.25, 0.3) is 0 Å². The van der Waals surface area contributed by atoms with Crippen LogP contribution in [-0.2, 0) is 0 Å². The molecule has 0 radical (unpaired) electrons. The third-order valence-electron chi connectivity index (χ3n) is 1.63. The SMILES string of the molecule is C#Cc1cccc(NC[C@H](C)O)c1. The summed E-state index contributed by atoms with van der Waals surface area (Å²) in [7, 11) is 0. The normalized spacial score (nSPS) is 11.8. The van der Waals surface area contributed by atoms with E-state index in [1.54, 1.807) is 6.92 Å². The number of aliphatic hydroxyl groups excluding tert-OH is 1. The number of aliphatic hydroxyl groups is 1. The average Bonchev–Trinajstić information content (AvgIpc) is 2.15. The average molecular weight is 175 g/mol. The van der Waals surface area contributed by atoms with Gasteiger partial charge in [0.1, 0.15) is 0 Å². The highest BCUT2D eigenvalue weighted by Gasteiger charge is 1.95. The van der Waals surface area contributed by atoms with Crippen LogP contribution in [0, 0.1) is 12.3 Å². The van der Waals surface area contributed by atoms with E-state index >= 15 is 0 Å². The van der Waals surface area contributed by atoms with Crippen LogP contribution in [-0.4, -0.2) is 17.8 Å². The van der Waals surface area contributed by atoms with Gasteiger partial charge in [0.2, 0.25) is 0 Å². The molecule has 0 spiro atoms. The molecule has 0 saturated carbocycles. The summed E-state index contributed by atoms with van der Waals surface area (Å²) < 4.78 is 0. The maximum absolute atomic E-state index is 9.04. The van der Waals surface area contributed by atoms with Crippen molar-refractivity contribution in [3.63, 3.8) is 0 Å². The zero-order chi connectivity index (χ0) is 9.68. The summed E-state index contributed by atoms with van der Waals surface area (Å²) in [4.78, 5) is 0. The quantitative estimate of drug-likeness (QED) is 0.682. The van der Waals surface area contributed by atoms with E-state index in [9.17, 15) is 0 Å². The second-order valence-corrected chi connectivity index (χ2v) is 2.96. The number of terminal acetylenes is 1. The fourth-order valence-electron chi connectivity index (χ4n) is 0.984. The standard InChI is InChI=1S/C11H13NO/c1-3-10-5-4-6-11(7-10)12-8-9(2)13/h1,4-7,9,12-13H,8H2,2H3/t9-/m0/s1. The summed E-state index contributed by atoms with van der Waals surface area (Å²) in [5.74, 6) is 2.55. The number of nitrogens with one attached hydrogen (secondary N) is 1. The fraction of sp³-hybridized carbons (Fsp3) is 0.273. The molecule has 13 heavy (non-hydrogen) atoms. The highest BCUT2D eigenvalue weighted by molar-refractivity contribution is 5.49. The number of benzene rings is 1. The highest BCUT2D eigenvalue weighted by Crippen LogP contribution is 2.09. The van der Waals surface area contributed by atoms with Gasteiger partial charge in [-0.15, -0.1) is 6.42 Å². The Morgan fingerprint density at radius 2 is 2.38 bits per heavy atom. The molecular formula is C11H13NO. The second kappa shape index (κ2) is 4.54. The van der Waals surface area contributed by atoms with Gasteiger partial charge in [-0.2, -0.15) is 0 Å². The molecule has 0 aliphatic carbocycles. The second-order valence-electron chi connectivity index (χ2n) is 2.96. The van der Waals surface area contributed by atoms with Crippen molar-refractivity contribution >= 4 is 5.69 Å². The van der Waals surface area contributed by atoms with Gasteiger partial charge in [-0.05, 0) is 25.1 Å². The first-order chi connectivity index (χ1) is 6.22. The lowest BCUT2D eigenvalue weighted by Crippen LogP contribution is -2.15. The number of anilines is 1. The van der Waals surface area contributed by atoms with Crippen LogP contribution >= 0.6 is 0 Å². The summed E-state index contributed by atoms with van der Waals surface area (Å²) in [6, 6.07) is 7.55. The topological polar surface area (TPSA) is 32.3 Å². The molecular weight excluding hydrogens is 162 g/mol. The van der Waals surface area contributed by atoms with Gasteiger partial charge in [0, 0.05) is 17.8 Å². The van der Waals surface area contributed by atoms with Crippen LogP contribution < -0.4 is 5.32 Å². The third-order valence-corrected chi connectivity index (χ3v) is 1.63. The van der Waals surface area contributed by atoms with Crippen molar-refractivity contribution in [2.24, 2.45) is 0 Å². The van der Waals surface area contributed by atoms with Crippen LogP contribution in [0.1, 0.15) is 12.5 Å². The van der Waals surface area contributed by atoms with Crippen molar-refractivity contribution in [1.82, 2.24) is 0 Å². The Hall–Kier alpha value is -1.46. The minimum Gasteiger partial charge on any atom is -0.392 e. The molecule has 0 fully saturated rings. The molecule has 0 unspecified atom stereocenters. The molecule has 1 rings (SSSR count). The zero-order valence-electron chi connectivity index (χ0n) is 7.62. The lowest BCUT2D eigenvalue weighted by atomic mass is 10.2. The molecule has 68 valence electrons. The van der Waals surface area contributed by atoms with Crippen molar-refractivity contribution in [1.29, 1.82) is 0 Å². The van der Waals surface area contributed by atoms with Crippen molar-refractivity contribution in [3.05, 3.63) is 29.8 Å². The molecule has 0 saturated heterocycles. The lowest BCUT2D eigenvalue weighted by molar-refractivity contribution is 0.208. The van der Waals surface area contributed by atoms with Gasteiger partial charge < -0.3 is 10.4 Å². The van der Waals surface area contributed by atoms with Crippen molar-refractivity contribution in [2.45, 2.75) is 13.0 Å². The van der Waals surface area contributed by atoms with Crippen molar-refractivity contribution < 1.29 is 5.11 Å². The largest absolute Gasteiger partial charge is 0.392 e. The zero-order valence-corrected chi connectivity index (χ0v) is 7.62. The Balaban J connectivity index is 2.63. The lowest BCUT2D eigenvalue weighted by Gasteiger charge is -2.08. The van der Waals surface area contributed by atoms with Crippen LogP contribution in [0.2, 0.25) is 0 Å². The summed E-state index contributed by atoms with van der Waals surface area (Å²) in [6.07, 6.45) is 4.90. The van der Waals surface area contributed by atoms with E-state index in [4.69, 9.17) is 11.5 Å². The molecule has 0 aliphatic heterocycles. The Kier molecular flexibility index (Phi) is 3.36. The predicted molar refractivity (Wildman–Crippen MR) is 54.5 cm³/mol. The number of hydrogen-bond donors (Lipinski definition) is 2. The van der Waals surface area contributed by atoms with E-state index in [0.717, 1.165) is 11.3 Å². The molecule has 2 N–H and O–H groups in total. The summed E-state index contributed by atoms with van der Waals surface area (Å²) >= 11 is 0. The smallest absolute Gasteiger partial charge is 0.0684 e. The van der Waals surface area contributed by atoms with Gasteiger partial charge in [0.25, 0.3) is 0 Å². The van der Waals surface area contributed by atoms with E-state index < -0.39 is 0 Å². The summed E-state index contributed by atoms with van der Waals surface area (Å²) in [5.41, 5.74) is 1.78. The fourth-order valence-corrected chi connectivity index (χ4v) is 0.984. The first kappa shape index (κ1) is 9.63. The number of hydrogen-bond acceptors (Lipinski definition) is 2. The minimum absolute atomic E-state index is 0.352. The van der Waals surface area contributed by atoms with Crippen molar-refractivity contribution in [2.75, 3.05) is 11.9 Å². The summed E-state index contributed by atoms with van der Waals surface area (Å²) in [5, 5.41) is 12.1. The third kappa shape index (κ3) is 3.18. The van der Waals surface area contributed by atoms with Gasteiger partial charge in [-0.3, -0.25) is 0 Å². The minimum atomic E-state index is -0.352. The Labute approximate surface area is 78.6 Å². The van der Waals surface area contributed by atoms with E-state index in [2.05, 4.69) is 11.2 Å². The molecule has 1 atom stereocenters. The van der Waals surface area contributed by atoms with Crippen molar-refractivity contribution in [3.8, 4) is 12.3 Å². The van der Waals surface area contributed by atoms with E-state index in [1.165, 1.54) is 0 Å². The Morgan fingerprint density at radius 3 is 3.00 bits per heavy atom. The predicted octanol–water partition coefficient (Wildman–Crippen LogP) is 1.46. The van der Waals surface area contributed by atoms with Gasteiger partial charge in [0.05, 0.1) is 6.10 Å². The number of rotatable bonds is 3.